The Bertz CT molecular complexity index is 306. The maximum atomic E-state index is 11.8. The smallest absolute Gasteiger partial charge is 0.327 e. The molecule has 0 heterocycles. The Morgan fingerprint density at radius 2 is 2.00 bits per heavy atom. The first-order valence-electron chi connectivity index (χ1n) is 5.62. The van der Waals surface area contributed by atoms with Crippen LogP contribution >= 0.6 is 0 Å². The predicted molar refractivity (Wildman–Crippen MR) is 52.4 cm³/mol. The summed E-state index contributed by atoms with van der Waals surface area (Å²) in [6, 6.07) is -0.247. The number of carbonyl (C=O) groups is 1. The first-order valence-corrected chi connectivity index (χ1v) is 5.62. The zero-order valence-electron chi connectivity index (χ0n) is 9.17. The lowest BCUT2D eigenvalue weighted by Crippen LogP contribution is -2.45. The Labute approximate surface area is 96.6 Å². The highest BCUT2D eigenvalue weighted by molar-refractivity contribution is 5.79. The quantitative estimate of drug-likeness (QED) is 0.736. The number of rotatable bonds is 3. The molecule has 2 saturated carbocycles. The number of fused-ring (bicyclic) bond motifs is 2. The van der Waals surface area contributed by atoms with Crippen molar-refractivity contribution in [1.82, 2.24) is 5.48 Å². The number of halogens is 3. The standard InChI is InChI=1S/C10H15F3N2O2/c11-10(12,13)4-17-15-9(16)7-5-1-2-6(3-5)8(7)14/h5-8H,1-4,14H2,(H,15,16). The van der Waals surface area contributed by atoms with E-state index >= 15 is 0 Å². The van der Waals surface area contributed by atoms with Crippen molar-refractivity contribution in [2.75, 3.05) is 6.61 Å². The summed E-state index contributed by atoms with van der Waals surface area (Å²) in [4.78, 5) is 15.8. The van der Waals surface area contributed by atoms with Gasteiger partial charge in [0.1, 0.15) is 0 Å². The van der Waals surface area contributed by atoms with Gasteiger partial charge < -0.3 is 5.73 Å². The maximum absolute atomic E-state index is 11.8. The fourth-order valence-electron chi connectivity index (χ4n) is 2.98. The SMILES string of the molecule is NC1C2CCC(C2)C1C(=O)NOCC(F)(F)F. The summed E-state index contributed by atoms with van der Waals surface area (Å²) < 4.78 is 35.4. The summed E-state index contributed by atoms with van der Waals surface area (Å²) in [6.07, 6.45) is -1.60. The van der Waals surface area contributed by atoms with Crippen molar-refractivity contribution >= 4 is 5.91 Å². The largest absolute Gasteiger partial charge is 0.414 e. The van der Waals surface area contributed by atoms with Crippen LogP contribution in [0.2, 0.25) is 0 Å². The molecule has 2 bridgehead atoms. The molecule has 4 nitrogen and oxygen atoms in total. The topological polar surface area (TPSA) is 64.4 Å². The van der Waals surface area contributed by atoms with Gasteiger partial charge in [-0.15, -0.1) is 0 Å². The van der Waals surface area contributed by atoms with Crippen molar-refractivity contribution in [1.29, 1.82) is 0 Å². The second kappa shape index (κ2) is 4.45. The van der Waals surface area contributed by atoms with Crippen LogP contribution < -0.4 is 11.2 Å². The van der Waals surface area contributed by atoms with Gasteiger partial charge in [0.05, 0.1) is 5.92 Å². The molecular weight excluding hydrogens is 237 g/mol. The summed E-state index contributed by atoms with van der Waals surface area (Å²) in [7, 11) is 0. The van der Waals surface area contributed by atoms with Gasteiger partial charge in [0.25, 0.3) is 0 Å². The number of nitrogens with two attached hydrogens (primary N) is 1. The fraction of sp³-hybridized carbons (Fsp3) is 0.900. The van der Waals surface area contributed by atoms with Crippen molar-refractivity contribution < 1.29 is 22.8 Å². The molecule has 2 rings (SSSR count). The van der Waals surface area contributed by atoms with Crippen molar-refractivity contribution in [2.24, 2.45) is 23.5 Å². The minimum atomic E-state index is -4.44. The van der Waals surface area contributed by atoms with Crippen LogP contribution in [0.25, 0.3) is 0 Å². The van der Waals surface area contributed by atoms with Crippen LogP contribution in [0.3, 0.4) is 0 Å². The number of hydrogen-bond donors (Lipinski definition) is 2. The van der Waals surface area contributed by atoms with Gasteiger partial charge in [0, 0.05) is 6.04 Å². The molecular formula is C10H15F3N2O2. The molecule has 0 spiro atoms. The molecule has 0 aromatic heterocycles. The Hall–Kier alpha value is -0.820. The maximum Gasteiger partial charge on any atom is 0.414 e. The van der Waals surface area contributed by atoms with Gasteiger partial charge in [-0.2, -0.15) is 13.2 Å². The van der Waals surface area contributed by atoms with E-state index < -0.39 is 24.6 Å². The molecule has 4 atom stereocenters. The first-order chi connectivity index (χ1) is 7.88. The van der Waals surface area contributed by atoms with Crippen molar-refractivity contribution in [3.63, 3.8) is 0 Å². The molecule has 2 fully saturated rings. The molecule has 2 aliphatic carbocycles. The van der Waals surface area contributed by atoms with E-state index in [-0.39, 0.29) is 12.0 Å². The Kier molecular flexibility index (Phi) is 3.31. The zero-order chi connectivity index (χ0) is 12.6. The van der Waals surface area contributed by atoms with Gasteiger partial charge in [-0.3, -0.25) is 9.63 Å². The van der Waals surface area contributed by atoms with Crippen molar-refractivity contribution in [3.8, 4) is 0 Å². The van der Waals surface area contributed by atoms with Crippen LogP contribution in [0.5, 0.6) is 0 Å². The second-order valence-corrected chi connectivity index (χ2v) is 4.81. The van der Waals surface area contributed by atoms with E-state index in [0.717, 1.165) is 19.3 Å². The zero-order valence-corrected chi connectivity index (χ0v) is 9.17. The number of hydrogen-bond acceptors (Lipinski definition) is 3. The average molecular weight is 252 g/mol. The Balaban J connectivity index is 1.81. The molecule has 0 aliphatic heterocycles. The van der Waals surface area contributed by atoms with Crippen LogP contribution in [0, 0.1) is 17.8 Å². The summed E-state index contributed by atoms with van der Waals surface area (Å²) in [5, 5.41) is 0. The van der Waals surface area contributed by atoms with Gasteiger partial charge in [0.15, 0.2) is 6.61 Å². The number of carbonyl (C=O) groups excluding carboxylic acids is 1. The molecule has 17 heavy (non-hydrogen) atoms. The second-order valence-electron chi connectivity index (χ2n) is 4.81. The summed E-state index contributed by atoms with van der Waals surface area (Å²) in [5.74, 6) is -0.390. The molecule has 0 radical (unpaired) electrons. The Morgan fingerprint density at radius 3 is 2.53 bits per heavy atom. The van der Waals surface area contributed by atoms with E-state index in [1.807, 2.05) is 5.48 Å². The van der Waals surface area contributed by atoms with Crippen molar-refractivity contribution in [3.05, 3.63) is 0 Å². The molecule has 7 heteroatoms. The third-order valence-electron chi connectivity index (χ3n) is 3.69. The lowest BCUT2D eigenvalue weighted by Gasteiger charge is -2.26. The number of alkyl halides is 3. The van der Waals surface area contributed by atoms with Crippen LogP contribution in [-0.2, 0) is 9.63 Å². The minimum Gasteiger partial charge on any atom is -0.327 e. The summed E-state index contributed by atoms with van der Waals surface area (Å²) in [6.45, 7) is -1.48. The van der Waals surface area contributed by atoms with E-state index in [1.54, 1.807) is 0 Å². The summed E-state index contributed by atoms with van der Waals surface area (Å²) in [5.41, 5.74) is 7.74. The number of amides is 1. The van der Waals surface area contributed by atoms with E-state index in [0.29, 0.717) is 5.92 Å². The number of nitrogens with one attached hydrogen (secondary N) is 1. The van der Waals surface area contributed by atoms with Gasteiger partial charge >= 0.3 is 6.18 Å². The molecule has 1 amide bonds. The summed E-state index contributed by atoms with van der Waals surface area (Å²) >= 11 is 0. The molecule has 98 valence electrons. The normalized spacial score (nSPS) is 36.2. The van der Waals surface area contributed by atoms with E-state index in [2.05, 4.69) is 4.84 Å². The van der Waals surface area contributed by atoms with Gasteiger partial charge in [0.2, 0.25) is 5.91 Å². The molecule has 0 aromatic rings. The number of hydroxylamine groups is 1. The van der Waals surface area contributed by atoms with E-state index in [9.17, 15) is 18.0 Å². The van der Waals surface area contributed by atoms with Gasteiger partial charge in [-0.05, 0) is 31.1 Å². The average Bonchev–Trinajstić information content (AvgIpc) is 2.75. The van der Waals surface area contributed by atoms with Crippen molar-refractivity contribution in [2.45, 2.75) is 31.5 Å². The monoisotopic (exact) mass is 252 g/mol. The highest BCUT2D eigenvalue weighted by atomic mass is 19.4. The first kappa shape index (κ1) is 12.6. The molecule has 0 aromatic carbocycles. The molecule has 4 unspecified atom stereocenters. The van der Waals surface area contributed by atoms with Crippen LogP contribution in [0.15, 0.2) is 0 Å². The van der Waals surface area contributed by atoms with Crippen LogP contribution in [0.4, 0.5) is 13.2 Å². The molecule has 0 saturated heterocycles. The van der Waals surface area contributed by atoms with E-state index in [1.165, 1.54) is 0 Å². The van der Waals surface area contributed by atoms with Gasteiger partial charge in [-0.25, -0.2) is 5.48 Å². The lowest BCUT2D eigenvalue weighted by molar-refractivity contribution is -0.193. The van der Waals surface area contributed by atoms with Crippen LogP contribution in [-0.4, -0.2) is 24.7 Å². The molecule has 3 N–H and O–H groups in total. The lowest BCUT2D eigenvalue weighted by atomic mass is 9.84. The third kappa shape index (κ3) is 2.71. The fourth-order valence-corrected chi connectivity index (χ4v) is 2.98. The highest BCUT2D eigenvalue weighted by Crippen LogP contribution is 2.47. The van der Waals surface area contributed by atoms with Crippen LogP contribution in [0.1, 0.15) is 19.3 Å². The highest BCUT2D eigenvalue weighted by Gasteiger charge is 2.49. The Morgan fingerprint density at radius 1 is 1.35 bits per heavy atom. The predicted octanol–water partition coefficient (Wildman–Crippen LogP) is 0.970. The van der Waals surface area contributed by atoms with Gasteiger partial charge in [-0.1, -0.05) is 0 Å². The minimum absolute atomic E-state index is 0.199. The third-order valence-corrected chi connectivity index (χ3v) is 3.69. The van der Waals surface area contributed by atoms with E-state index in [4.69, 9.17) is 5.73 Å². The molecule has 2 aliphatic rings.